The van der Waals surface area contributed by atoms with E-state index < -0.39 is 11.9 Å². The van der Waals surface area contributed by atoms with Crippen molar-refractivity contribution in [3.8, 4) is 0 Å². The van der Waals surface area contributed by atoms with Gasteiger partial charge in [-0.1, -0.05) is 17.3 Å². The molecule has 0 aliphatic heterocycles. The first-order valence-corrected chi connectivity index (χ1v) is 6.94. The van der Waals surface area contributed by atoms with E-state index in [1.807, 2.05) is 24.3 Å². The Hall–Kier alpha value is -3.22. The van der Waals surface area contributed by atoms with Crippen LogP contribution in [0.2, 0.25) is 0 Å². The van der Waals surface area contributed by atoms with Crippen LogP contribution in [0, 0.1) is 0 Å². The zero-order valence-electron chi connectivity index (χ0n) is 12.0. The Morgan fingerprint density at radius 1 is 1.04 bits per heavy atom. The van der Waals surface area contributed by atoms with Gasteiger partial charge in [-0.3, -0.25) is 0 Å². The van der Waals surface area contributed by atoms with E-state index in [9.17, 15) is 14.7 Å². The van der Waals surface area contributed by atoms with Crippen molar-refractivity contribution >= 4 is 23.0 Å². The van der Waals surface area contributed by atoms with E-state index in [1.54, 1.807) is 4.68 Å². The van der Waals surface area contributed by atoms with E-state index in [2.05, 4.69) is 10.3 Å². The average Bonchev–Trinajstić information content (AvgIpc) is 2.95. The number of para-hydroxylation sites is 1. The molecule has 116 valence electrons. The monoisotopic (exact) mass is 311 g/mol. The van der Waals surface area contributed by atoms with Gasteiger partial charge in [0.1, 0.15) is 5.52 Å². The van der Waals surface area contributed by atoms with E-state index in [0.29, 0.717) is 18.5 Å². The molecular weight excluding hydrogens is 298 g/mol. The highest BCUT2D eigenvalue weighted by molar-refractivity contribution is 5.93. The standard InChI is InChI=1S/C16H13N3O4/c20-15(21)11-5-6-12(16(22)23)10(9-11)7-8-19-14-4-2-1-3-13(14)17-18-19/h1-6,9H,7-8H2,(H,20,21)(H,22,23). The van der Waals surface area contributed by atoms with Gasteiger partial charge in [-0.05, 0) is 42.3 Å². The fourth-order valence-corrected chi connectivity index (χ4v) is 2.45. The minimum absolute atomic E-state index is 0.0634. The third-order valence-electron chi connectivity index (χ3n) is 3.60. The van der Waals surface area contributed by atoms with Gasteiger partial charge >= 0.3 is 11.9 Å². The van der Waals surface area contributed by atoms with Crippen molar-refractivity contribution in [1.29, 1.82) is 0 Å². The van der Waals surface area contributed by atoms with Crippen LogP contribution in [-0.2, 0) is 13.0 Å². The number of nitrogens with zero attached hydrogens (tertiary/aromatic N) is 3. The number of hydrogen-bond acceptors (Lipinski definition) is 4. The number of aromatic nitrogens is 3. The summed E-state index contributed by atoms with van der Waals surface area (Å²) in [6, 6.07) is 11.5. The molecule has 0 unspecified atom stereocenters. The van der Waals surface area contributed by atoms with E-state index in [1.165, 1.54) is 18.2 Å². The zero-order valence-corrected chi connectivity index (χ0v) is 12.0. The Morgan fingerprint density at radius 2 is 1.83 bits per heavy atom. The van der Waals surface area contributed by atoms with E-state index >= 15 is 0 Å². The van der Waals surface area contributed by atoms with Crippen molar-refractivity contribution in [1.82, 2.24) is 15.0 Å². The number of rotatable bonds is 5. The van der Waals surface area contributed by atoms with Crippen molar-refractivity contribution in [3.63, 3.8) is 0 Å². The summed E-state index contributed by atoms with van der Waals surface area (Å²) in [6.45, 7) is 0.407. The van der Waals surface area contributed by atoms with Crippen LogP contribution in [0.3, 0.4) is 0 Å². The molecule has 7 heteroatoms. The van der Waals surface area contributed by atoms with Gasteiger partial charge in [-0.15, -0.1) is 5.10 Å². The Morgan fingerprint density at radius 3 is 2.57 bits per heavy atom. The molecule has 7 nitrogen and oxygen atoms in total. The third kappa shape index (κ3) is 2.89. The average molecular weight is 311 g/mol. The largest absolute Gasteiger partial charge is 0.478 e. The molecule has 0 radical (unpaired) electrons. The maximum absolute atomic E-state index is 11.3. The van der Waals surface area contributed by atoms with Gasteiger partial charge in [-0.2, -0.15) is 0 Å². The molecule has 0 saturated heterocycles. The predicted octanol–water partition coefficient (Wildman–Crippen LogP) is 2.07. The summed E-state index contributed by atoms with van der Waals surface area (Å²) in [6.07, 6.45) is 0.343. The summed E-state index contributed by atoms with van der Waals surface area (Å²) in [5.41, 5.74) is 2.22. The highest BCUT2D eigenvalue weighted by atomic mass is 16.4. The number of aryl methyl sites for hydroxylation is 2. The molecule has 0 amide bonds. The second-order valence-electron chi connectivity index (χ2n) is 5.03. The fraction of sp³-hybridized carbons (Fsp3) is 0.125. The topological polar surface area (TPSA) is 105 Å². The maximum Gasteiger partial charge on any atom is 0.335 e. The summed E-state index contributed by atoms with van der Waals surface area (Å²) < 4.78 is 1.68. The molecule has 1 heterocycles. The van der Waals surface area contributed by atoms with E-state index in [-0.39, 0.29) is 11.1 Å². The van der Waals surface area contributed by atoms with Crippen LogP contribution in [0.4, 0.5) is 0 Å². The lowest BCUT2D eigenvalue weighted by atomic mass is 10.0. The van der Waals surface area contributed by atoms with Gasteiger partial charge in [0.2, 0.25) is 0 Å². The van der Waals surface area contributed by atoms with Gasteiger partial charge in [0.25, 0.3) is 0 Å². The van der Waals surface area contributed by atoms with Crippen LogP contribution in [-0.4, -0.2) is 37.1 Å². The maximum atomic E-state index is 11.3. The molecule has 2 N–H and O–H groups in total. The quantitative estimate of drug-likeness (QED) is 0.747. The predicted molar refractivity (Wildman–Crippen MR) is 81.6 cm³/mol. The Labute approximate surface area is 130 Å². The van der Waals surface area contributed by atoms with Gasteiger partial charge in [0.05, 0.1) is 16.6 Å². The van der Waals surface area contributed by atoms with Gasteiger partial charge in [0.15, 0.2) is 0 Å². The van der Waals surface area contributed by atoms with E-state index in [0.717, 1.165) is 11.0 Å². The molecule has 0 saturated carbocycles. The summed E-state index contributed by atoms with van der Waals surface area (Å²) >= 11 is 0. The smallest absolute Gasteiger partial charge is 0.335 e. The molecule has 0 spiro atoms. The first-order valence-electron chi connectivity index (χ1n) is 6.94. The Bertz CT molecular complexity index is 901. The van der Waals surface area contributed by atoms with Crippen molar-refractivity contribution in [2.24, 2.45) is 0 Å². The molecule has 3 aromatic rings. The number of benzene rings is 2. The lowest BCUT2D eigenvalue weighted by Gasteiger charge is -2.08. The lowest BCUT2D eigenvalue weighted by molar-refractivity contribution is 0.0680. The Balaban J connectivity index is 1.91. The molecular formula is C16H13N3O4. The van der Waals surface area contributed by atoms with Gasteiger partial charge in [-0.25, -0.2) is 14.3 Å². The summed E-state index contributed by atoms with van der Waals surface area (Å²) in [5, 5.41) is 26.4. The summed E-state index contributed by atoms with van der Waals surface area (Å²) in [7, 11) is 0. The van der Waals surface area contributed by atoms with Crippen LogP contribution in [0.5, 0.6) is 0 Å². The van der Waals surface area contributed by atoms with Gasteiger partial charge < -0.3 is 10.2 Å². The first-order chi connectivity index (χ1) is 11.1. The molecule has 1 aromatic heterocycles. The minimum Gasteiger partial charge on any atom is -0.478 e. The first kappa shape index (κ1) is 14.7. The summed E-state index contributed by atoms with van der Waals surface area (Å²) in [5.74, 6) is -2.17. The highest BCUT2D eigenvalue weighted by Crippen LogP contribution is 2.16. The SMILES string of the molecule is O=C(O)c1ccc(C(=O)O)c(CCn2nnc3ccccc32)c1. The van der Waals surface area contributed by atoms with Crippen LogP contribution in [0.25, 0.3) is 11.0 Å². The van der Waals surface area contributed by atoms with Crippen molar-refractivity contribution < 1.29 is 19.8 Å². The van der Waals surface area contributed by atoms with Crippen LogP contribution in [0.1, 0.15) is 26.3 Å². The van der Waals surface area contributed by atoms with Gasteiger partial charge in [0, 0.05) is 6.54 Å². The molecule has 3 rings (SSSR count). The molecule has 0 aliphatic rings. The van der Waals surface area contributed by atoms with Crippen LogP contribution in [0.15, 0.2) is 42.5 Å². The number of carboxylic acids is 2. The normalized spacial score (nSPS) is 10.8. The van der Waals surface area contributed by atoms with E-state index in [4.69, 9.17) is 5.11 Å². The molecule has 23 heavy (non-hydrogen) atoms. The third-order valence-corrected chi connectivity index (χ3v) is 3.60. The highest BCUT2D eigenvalue weighted by Gasteiger charge is 2.14. The molecule has 0 atom stereocenters. The second kappa shape index (κ2) is 5.88. The lowest BCUT2D eigenvalue weighted by Crippen LogP contribution is -2.10. The number of fused-ring (bicyclic) bond motifs is 1. The second-order valence-corrected chi connectivity index (χ2v) is 5.03. The number of carbonyl (C=O) groups is 2. The van der Waals surface area contributed by atoms with Crippen molar-refractivity contribution in [2.45, 2.75) is 13.0 Å². The number of carboxylic acid groups (broad SMARTS) is 2. The van der Waals surface area contributed by atoms with Crippen molar-refractivity contribution in [3.05, 3.63) is 59.2 Å². The fourth-order valence-electron chi connectivity index (χ4n) is 2.45. The minimum atomic E-state index is -1.09. The van der Waals surface area contributed by atoms with Crippen molar-refractivity contribution in [2.75, 3.05) is 0 Å². The van der Waals surface area contributed by atoms with Crippen LogP contribution < -0.4 is 0 Å². The number of hydrogen-bond donors (Lipinski definition) is 2. The molecule has 0 bridgehead atoms. The zero-order chi connectivity index (χ0) is 16.4. The molecule has 0 fully saturated rings. The Kier molecular flexibility index (Phi) is 3.76. The molecule has 2 aromatic carbocycles. The summed E-state index contributed by atoms with van der Waals surface area (Å²) in [4.78, 5) is 22.4. The van der Waals surface area contributed by atoms with Crippen LogP contribution >= 0.6 is 0 Å². The molecule has 0 aliphatic carbocycles. The number of aromatic carboxylic acids is 2.